The third kappa shape index (κ3) is 12.2. The maximum atomic E-state index is 14.1. The molecule has 3 N–H and O–H groups in total. The Morgan fingerprint density at radius 2 is 1.88 bits per heavy atom. The zero-order valence-corrected chi connectivity index (χ0v) is 26.0. The van der Waals surface area contributed by atoms with Gasteiger partial charge in [0.2, 0.25) is 5.91 Å². The maximum Gasteiger partial charge on any atom is 0.389 e. The van der Waals surface area contributed by atoms with Gasteiger partial charge in [0.1, 0.15) is 5.75 Å². The summed E-state index contributed by atoms with van der Waals surface area (Å²) in [5.41, 5.74) is 0.260. The highest BCUT2D eigenvalue weighted by Crippen LogP contribution is 2.29. The van der Waals surface area contributed by atoms with E-state index in [4.69, 9.17) is 9.47 Å². The number of ether oxygens (including phenoxy) is 2. The minimum Gasteiger partial charge on any atom is -0.490 e. The number of anilines is 1. The van der Waals surface area contributed by atoms with E-state index in [1.807, 2.05) is 27.7 Å². The standard InChI is InChI=1S/C30H47F3N4O6/c1-19(2)34-29(41)36(6)17-26-20(3)16-37(21(4)18-38)28(40)24-15-23(35-27(39)12-13-30(31,32)33)10-11-25(24)43-22(5)9-7-8-14-42-26/h10-11,15,19-22,26,38H,7-9,12-14,16-18H2,1-6H3,(H,34,41)(H,35,39)/t20-,21+,22-,26+/m0/s1. The number of aliphatic hydroxyl groups excluding tert-OH is 1. The lowest BCUT2D eigenvalue weighted by atomic mass is 10.0. The molecule has 0 spiro atoms. The van der Waals surface area contributed by atoms with Gasteiger partial charge in [0.25, 0.3) is 5.91 Å². The number of urea groups is 1. The SMILES string of the molecule is CC(C)NC(=O)N(C)C[C@H]1OCCCC[C@H](C)Oc2ccc(NC(=O)CCC(F)(F)F)cc2C(=O)N([C@H](C)CO)C[C@@H]1C. The van der Waals surface area contributed by atoms with Crippen molar-refractivity contribution in [2.24, 2.45) is 5.92 Å². The Hall–Kier alpha value is -3.06. The molecule has 1 heterocycles. The smallest absolute Gasteiger partial charge is 0.389 e. The van der Waals surface area contributed by atoms with Crippen LogP contribution >= 0.6 is 0 Å². The fraction of sp³-hybridized carbons (Fsp3) is 0.700. The number of hydrogen-bond acceptors (Lipinski definition) is 6. The molecule has 1 aromatic carbocycles. The monoisotopic (exact) mass is 616 g/mol. The van der Waals surface area contributed by atoms with Gasteiger partial charge in [0, 0.05) is 50.8 Å². The Morgan fingerprint density at radius 1 is 1.19 bits per heavy atom. The fourth-order valence-corrected chi connectivity index (χ4v) is 4.65. The summed E-state index contributed by atoms with van der Waals surface area (Å²) in [5, 5.41) is 15.4. The number of rotatable bonds is 8. The van der Waals surface area contributed by atoms with Crippen LogP contribution in [0.3, 0.4) is 0 Å². The van der Waals surface area contributed by atoms with Crippen molar-refractivity contribution in [1.29, 1.82) is 0 Å². The lowest BCUT2D eigenvalue weighted by Crippen LogP contribution is -2.49. The number of alkyl halides is 3. The quantitative estimate of drug-likeness (QED) is 0.386. The van der Waals surface area contributed by atoms with E-state index in [0.717, 1.165) is 12.8 Å². The van der Waals surface area contributed by atoms with Crippen LogP contribution in [-0.4, -0.2) is 96.6 Å². The van der Waals surface area contributed by atoms with Gasteiger partial charge in [-0.3, -0.25) is 9.59 Å². The molecule has 13 heteroatoms. The third-order valence-electron chi connectivity index (χ3n) is 7.18. The number of aliphatic hydroxyl groups is 1. The van der Waals surface area contributed by atoms with Gasteiger partial charge >= 0.3 is 12.2 Å². The first-order chi connectivity index (χ1) is 20.1. The number of carbonyl (C=O) groups excluding carboxylic acids is 3. The number of halogens is 3. The summed E-state index contributed by atoms with van der Waals surface area (Å²) in [6, 6.07) is 3.50. The van der Waals surface area contributed by atoms with Crippen molar-refractivity contribution < 1.29 is 42.1 Å². The molecule has 1 aliphatic heterocycles. The molecule has 4 amide bonds. The number of nitrogens with zero attached hydrogens (tertiary/aromatic N) is 2. The van der Waals surface area contributed by atoms with E-state index in [-0.39, 0.29) is 60.8 Å². The second kappa shape index (κ2) is 16.7. The number of benzene rings is 1. The maximum absolute atomic E-state index is 14.1. The number of amides is 4. The number of likely N-dealkylation sites (N-methyl/N-ethyl adjacent to an activating group) is 1. The molecular formula is C30H47F3N4O6. The Balaban J connectivity index is 2.42. The van der Waals surface area contributed by atoms with E-state index in [0.29, 0.717) is 13.0 Å². The van der Waals surface area contributed by atoms with Crippen molar-refractivity contribution in [1.82, 2.24) is 15.1 Å². The molecule has 0 aliphatic carbocycles. The molecule has 0 unspecified atom stereocenters. The molecule has 0 saturated carbocycles. The number of hydrogen-bond donors (Lipinski definition) is 3. The molecule has 0 radical (unpaired) electrons. The van der Waals surface area contributed by atoms with Crippen LogP contribution < -0.4 is 15.4 Å². The molecule has 4 atom stereocenters. The lowest BCUT2D eigenvalue weighted by Gasteiger charge is -2.36. The van der Waals surface area contributed by atoms with Crippen LogP contribution in [0.25, 0.3) is 0 Å². The van der Waals surface area contributed by atoms with E-state index in [1.165, 1.54) is 23.1 Å². The Bertz CT molecular complexity index is 1070. The predicted octanol–water partition coefficient (Wildman–Crippen LogP) is 4.81. The zero-order chi connectivity index (χ0) is 32.3. The van der Waals surface area contributed by atoms with Crippen LogP contribution in [-0.2, 0) is 9.53 Å². The van der Waals surface area contributed by atoms with Crippen molar-refractivity contribution in [2.75, 3.05) is 38.7 Å². The second-order valence-electron chi connectivity index (χ2n) is 11.7. The summed E-state index contributed by atoms with van der Waals surface area (Å²) in [6.07, 6.45) is -4.97. The van der Waals surface area contributed by atoms with Gasteiger partial charge in [-0.25, -0.2) is 4.79 Å². The van der Waals surface area contributed by atoms with Gasteiger partial charge < -0.3 is 35.0 Å². The second-order valence-corrected chi connectivity index (χ2v) is 11.7. The minimum atomic E-state index is -4.47. The van der Waals surface area contributed by atoms with Crippen molar-refractivity contribution >= 4 is 23.5 Å². The highest BCUT2D eigenvalue weighted by molar-refractivity contribution is 5.99. The van der Waals surface area contributed by atoms with E-state index in [1.54, 1.807) is 18.9 Å². The molecule has 0 saturated heterocycles. The van der Waals surface area contributed by atoms with Crippen LogP contribution in [0.15, 0.2) is 18.2 Å². The number of fused-ring (bicyclic) bond motifs is 1. The fourth-order valence-electron chi connectivity index (χ4n) is 4.65. The molecule has 0 aromatic heterocycles. The third-order valence-corrected chi connectivity index (χ3v) is 7.18. The van der Waals surface area contributed by atoms with Crippen molar-refractivity contribution in [3.8, 4) is 5.75 Å². The lowest BCUT2D eigenvalue weighted by molar-refractivity contribution is -0.142. The normalized spacial score (nSPS) is 21.3. The summed E-state index contributed by atoms with van der Waals surface area (Å²) in [6.45, 7) is 9.78. The van der Waals surface area contributed by atoms with Crippen LogP contribution in [0.5, 0.6) is 5.75 Å². The first-order valence-electron chi connectivity index (χ1n) is 14.8. The Kier molecular flexibility index (Phi) is 14.0. The molecule has 43 heavy (non-hydrogen) atoms. The van der Waals surface area contributed by atoms with Gasteiger partial charge in [0.05, 0.1) is 36.8 Å². The topological polar surface area (TPSA) is 120 Å². The first kappa shape index (κ1) is 36.1. The molecule has 1 aliphatic rings. The minimum absolute atomic E-state index is 0.0422. The largest absolute Gasteiger partial charge is 0.490 e. The van der Waals surface area contributed by atoms with E-state index < -0.39 is 43.0 Å². The highest BCUT2D eigenvalue weighted by Gasteiger charge is 2.31. The molecule has 0 bridgehead atoms. The average molecular weight is 617 g/mol. The Morgan fingerprint density at radius 3 is 2.51 bits per heavy atom. The van der Waals surface area contributed by atoms with Gasteiger partial charge in [-0.2, -0.15) is 13.2 Å². The van der Waals surface area contributed by atoms with Crippen LogP contribution in [0.2, 0.25) is 0 Å². The number of carbonyl (C=O) groups is 3. The van der Waals surface area contributed by atoms with Gasteiger partial charge in [-0.05, 0) is 65.2 Å². The molecule has 10 nitrogen and oxygen atoms in total. The van der Waals surface area contributed by atoms with Crippen LogP contribution in [0.4, 0.5) is 23.7 Å². The van der Waals surface area contributed by atoms with Crippen molar-refractivity contribution in [3.05, 3.63) is 23.8 Å². The van der Waals surface area contributed by atoms with E-state index >= 15 is 0 Å². The number of nitrogens with one attached hydrogen (secondary N) is 2. The van der Waals surface area contributed by atoms with Gasteiger partial charge in [-0.15, -0.1) is 0 Å². The van der Waals surface area contributed by atoms with Crippen molar-refractivity contribution in [2.45, 2.75) is 97.2 Å². The van der Waals surface area contributed by atoms with Gasteiger partial charge in [0.15, 0.2) is 0 Å². The Labute approximate surface area is 252 Å². The summed E-state index contributed by atoms with van der Waals surface area (Å²) in [4.78, 5) is 41.9. The van der Waals surface area contributed by atoms with E-state index in [9.17, 15) is 32.7 Å². The zero-order valence-electron chi connectivity index (χ0n) is 26.0. The highest BCUT2D eigenvalue weighted by atomic mass is 19.4. The summed E-state index contributed by atoms with van der Waals surface area (Å²) >= 11 is 0. The van der Waals surface area contributed by atoms with Crippen LogP contribution in [0, 0.1) is 5.92 Å². The molecule has 0 fully saturated rings. The van der Waals surface area contributed by atoms with Crippen molar-refractivity contribution in [3.63, 3.8) is 0 Å². The molecular weight excluding hydrogens is 569 g/mol. The summed E-state index contributed by atoms with van der Waals surface area (Å²) in [7, 11) is 1.68. The predicted molar refractivity (Wildman–Crippen MR) is 157 cm³/mol. The average Bonchev–Trinajstić information content (AvgIpc) is 2.92. The first-order valence-corrected chi connectivity index (χ1v) is 14.8. The molecule has 244 valence electrons. The molecule has 2 rings (SSSR count). The van der Waals surface area contributed by atoms with Crippen LogP contribution in [0.1, 0.15) is 77.1 Å². The summed E-state index contributed by atoms with van der Waals surface area (Å²) < 4.78 is 50.2. The molecule has 1 aromatic rings. The van der Waals surface area contributed by atoms with E-state index in [2.05, 4.69) is 10.6 Å². The summed E-state index contributed by atoms with van der Waals surface area (Å²) in [5.74, 6) is -1.31. The van der Waals surface area contributed by atoms with Gasteiger partial charge in [-0.1, -0.05) is 6.92 Å².